The first-order valence-corrected chi connectivity index (χ1v) is 2.90. The van der Waals surface area contributed by atoms with Crippen molar-refractivity contribution < 1.29 is 5.11 Å². The zero-order valence-electron chi connectivity index (χ0n) is 4.45. The maximum absolute atomic E-state index is 8.45. The van der Waals surface area contributed by atoms with Crippen LogP contribution in [0.15, 0.2) is 10.6 Å². The number of halogens is 1. The zero-order valence-corrected chi connectivity index (χ0v) is 5.20. The SMILES string of the molecule is OCC(Cl)=C1CNC1. The fourth-order valence-electron chi connectivity index (χ4n) is 0.554. The molecule has 2 N–H and O–H groups in total. The Kier molecular flexibility index (Phi) is 1.89. The maximum atomic E-state index is 8.45. The minimum absolute atomic E-state index is 0.0153. The van der Waals surface area contributed by atoms with Gasteiger partial charge >= 0.3 is 0 Å². The molecule has 46 valence electrons. The Morgan fingerprint density at radius 3 is 2.50 bits per heavy atom. The third-order valence-electron chi connectivity index (χ3n) is 1.20. The van der Waals surface area contributed by atoms with Gasteiger partial charge in [-0.25, -0.2) is 0 Å². The molecule has 0 aromatic carbocycles. The van der Waals surface area contributed by atoms with Gasteiger partial charge in [0.05, 0.1) is 6.61 Å². The topological polar surface area (TPSA) is 32.3 Å². The van der Waals surface area contributed by atoms with Crippen LogP contribution in [0.5, 0.6) is 0 Å². The van der Waals surface area contributed by atoms with E-state index in [-0.39, 0.29) is 6.61 Å². The van der Waals surface area contributed by atoms with Crippen molar-refractivity contribution in [2.45, 2.75) is 0 Å². The molecular formula is C5H8ClNO. The first-order valence-electron chi connectivity index (χ1n) is 2.52. The smallest absolute Gasteiger partial charge is 0.0788 e. The normalized spacial score (nSPS) is 18.0. The Bertz CT molecular complexity index is 110. The molecular weight excluding hydrogens is 126 g/mol. The second-order valence-electron chi connectivity index (χ2n) is 1.77. The van der Waals surface area contributed by atoms with E-state index in [0.29, 0.717) is 5.03 Å². The predicted molar refractivity (Wildman–Crippen MR) is 32.8 cm³/mol. The molecule has 1 saturated heterocycles. The number of aliphatic hydroxyl groups is 1. The number of nitrogens with one attached hydrogen (secondary N) is 1. The Hall–Kier alpha value is -0.0500. The van der Waals surface area contributed by atoms with Gasteiger partial charge in [-0.1, -0.05) is 11.6 Å². The second kappa shape index (κ2) is 2.49. The minimum Gasteiger partial charge on any atom is -0.391 e. The van der Waals surface area contributed by atoms with Gasteiger partial charge in [0.25, 0.3) is 0 Å². The quantitative estimate of drug-likeness (QED) is 0.531. The molecule has 0 unspecified atom stereocenters. The molecule has 0 bridgehead atoms. The van der Waals surface area contributed by atoms with E-state index >= 15 is 0 Å². The lowest BCUT2D eigenvalue weighted by atomic mass is 10.1. The highest BCUT2D eigenvalue weighted by Crippen LogP contribution is 2.11. The molecule has 3 heteroatoms. The average Bonchev–Trinajstić information content (AvgIpc) is 1.62. The van der Waals surface area contributed by atoms with Crippen LogP contribution in [0.2, 0.25) is 0 Å². The van der Waals surface area contributed by atoms with Crippen LogP contribution in [-0.2, 0) is 0 Å². The van der Waals surface area contributed by atoms with Crippen molar-refractivity contribution in [2.24, 2.45) is 0 Å². The Balaban J connectivity index is 2.47. The van der Waals surface area contributed by atoms with E-state index in [1.54, 1.807) is 0 Å². The lowest BCUT2D eigenvalue weighted by Gasteiger charge is -2.19. The summed E-state index contributed by atoms with van der Waals surface area (Å²) < 4.78 is 0. The Labute approximate surface area is 53.2 Å². The van der Waals surface area contributed by atoms with Crippen molar-refractivity contribution in [3.63, 3.8) is 0 Å². The summed E-state index contributed by atoms with van der Waals surface area (Å²) in [4.78, 5) is 0. The molecule has 1 rings (SSSR count). The van der Waals surface area contributed by atoms with Gasteiger partial charge in [0.2, 0.25) is 0 Å². The van der Waals surface area contributed by atoms with Crippen LogP contribution >= 0.6 is 11.6 Å². The lowest BCUT2D eigenvalue weighted by Crippen LogP contribution is -2.34. The van der Waals surface area contributed by atoms with Crippen molar-refractivity contribution in [1.29, 1.82) is 0 Å². The van der Waals surface area contributed by atoms with Crippen molar-refractivity contribution in [1.82, 2.24) is 5.32 Å². The monoisotopic (exact) mass is 133 g/mol. The fourth-order valence-corrected chi connectivity index (χ4v) is 0.687. The average molecular weight is 134 g/mol. The van der Waals surface area contributed by atoms with E-state index < -0.39 is 0 Å². The molecule has 8 heavy (non-hydrogen) atoms. The van der Waals surface area contributed by atoms with E-state index in [9.17, 15) is 0 Å². The minimum atomic E-state index is -0.0153. The van der Waals surface area contributed by atoms with Crippen LogP contribution in [0, 0.1) is 0 Å². The second-order valence-corrected chi connectivity index (χ2v) is 2.23. The van der Waals surface area contributed by atoms with Crippen molar-refractivity contribution in [3.05, 3.63) is 10.6 Å². The molecule has 1 fully saturated rings. The molecule has 2 nitrogen and oxygen atoms in total. The highest BCUT2D eigenvalue weighted by Gasteiger charge is 2.10. The summed E-state index contributed by atoms with van der Waals surface area (Å²) in [7, 11) is 0. The Morgan fingerprint density at radius 2 is 2.38 bits per heavy atom. The van der Waals surface area contributed by atoms with Crippen molar-refractivity contribution >= 4 is 11.6 Å². The number of aliphatic hydroxyl groups excluding tert-OH is 1. The standard InChI is InChI=1S/C5H8ClNO/c6-5(3-8)4-1-7-2-4/h7-8H,1-3H2. The van der Waals surface area contributed by atoms with E-state index in [1.165, 1.54) is 0 Å². The molecule has 0 aromatic rings. The van der Waals surface area contributed by atoms with Gasteiger partial charge in [-0.3, -0.25) is 0 Å². The summed E-state index contributed by atoms with van der Waals surface area (Å²) in [5, 5.41) is 12.1. The lowest BCUT2D eigenvalue weighted by molar-refractivity contribution is 0.336. The van der Waals surface area contributed by atoms with Gasteiger partial charge in [0.15, 0.2) is 0 Å². The number of hydrogen-bond donors (Lipinski definition) is 2. The number of hydrogen-bond acceptors (Lipinski definition) is 2. The first kappa shape index (κ1) is 6.08. The largest absolute Gasteiger partial charge is 0.391 e. The summed E-state index contributed by atoms with van der Waals surface area (Å²) in [5.74, 6) is 0. The van der Waals surface area contributed by atoms with Gasteiger partial charge in [-0.15, -0.1) is 0 Å². The van der Waals surface area contributed by atoms with Crippen LogP contribution < -0.4 is 5.32 Å². The van der Waals surface area contributed by atoms with Crippen LogP contribution in [0.1, 0.15) is 0 Å². The zero-order chi connectivity index (χ0) is 5.98. The molecule has 1 heterocycles. The van der Waals surface area contributed by atoms with Gasteiger partial charge < -0.3 is 10.4 Å². The van der Waals surface area contributed by atoms with E-state index in [0.717, 1.165) is 18.7 Å². The van der Waals surface area contributed by atoms with Crippen LogP contribution in [0.3, 0.4) is 0 Å². The maximum Gasteiger partial charge on any atom is 0.0788 e. The molecule has 0 aliphatic carbocycles. The predicted octanol–water partition coefficient (Wildman–Crippen LogP) is 0.0748. The van der Waals surface area contributed by atoms with E-state index in [2.05, 4.69) is 5.32 Å². The molecule has 1 aliphatic rings. The molecule has 0 amide bonds. The molecule has 1 aliphatic heterocycles. The van der Waals surface area contributed by atoms with Gasteiger partial charge in [0.1, 0.15) is 0 Å². The summed E-state index contributed by atoms with van der Waals surface area (Å²) >= 11 is 5.56. The van der Waals surface area contributed by atoms with E-state index in [1.807, 2.05) is 0 Å². The summed E-state index contributed by atoms with van der Waals surface area (Å²) in [6.45, 7) is 1.68. The molecule has 0 aromatic heterocycles. The summed E-state index contributed by atoms with van der Waals surface area (Å²) in [6.07, 6.45) is 0. The van der Waals surface area contributed by atoms with Gasteiger partial charge in [-0.05, 0) is 5.57 Å². The first-order chi connectivity index (χ1) is 3.84. The van der Waals surface area contributed by atoms with Crippen molar-refractivity contribution in [3.8, 4) is 0 Å². The third kappa shape index (κ3) is 1.02. The van der Waals surface area contributed by atoms with Gasteiger partial charge in [-0.2, -0.15) is 0 Å². The van der Waals surface area contributed by atoms with E-state index in [4.69, 9.17) is 16.7 Å². The summed E-state index contributed by atoms with van der Waals surface area (Å²) in [6, 6.07) is 0. The third-order valence-corrected chi connectivity index (χ3v) is 1.59. The molecule has 0 atom stereocenters. The summed E-state index contributed by atoms with van der Waals surface area (Å²) in [5.41, 5.74) is 1.13. The number of rotatable bonds is 1. The molecule has 0 saturated carbocycles. The highest BCUT2D eigenvalue weighted by molar-refractivity contribution is 6.30. The van der Waals surface area contributed by atoms with Crippen molar-refractivity contribution in [2.75, 3.05) is 19.7 Å². The molecule has 0 radical (unpaired) electrons. The molecule has 0 spiro atoms. The van der Waals surface area contributed by atoms with Crippen LogP contribution in [-0.4, -0.2) is 24.8 Å². The fraction of sp³-hybridized carbons (Fsp3) is 0.600. The Morgan fingerprint density at radius 1 is 1.75 bits per heavy atom. The van der Waals surface area contributed by atoms with Gasteiger partial charge in [0, 0.05) is 18.1 Å². The highest BCUT2D eigenvalue weighted by atomic mass is 35.5. The van der Waals surface area contributed by atoms with Crippen LogP contribution in [0.25, 0.3) is 0 Å². The van der Waals surface area contributed by atoms with Crippen LogP contribution in [0.4, 0.5) is 0 Å².